The Hall–Kier alpha value is -2.06. The molecule has 0 spiro atoms. The van der Waals surface area contributed by atoms with Crippen LogP contribution in [0.2, 0.25) is 0 Å². The van der Waals surface area contributed by atoms with Crippen LogP contribution in [0.15, 0.2) is 55.3 Å². The largest absolute Gasteiger partial charge is 0.355 e. The summed E-state index contributed by atoms with van der Waals surface area (Å²) in [6.45, 7) is 2.15. The van der Waals surface area contributed by atoms with Gasteiger partial charge in [-0.1, -0.05) is 23.9 Å². The zero-order valence-electron chi connectivity index (χ0n) is 16.9. The summed E-state index contributed by atoms with van der Waals surface area (Å²) in [6.07, 6.45) is 0.542. The molecular formula is C19H20BrN5O4S3. The maximum Gasteiger partial charge on any atom is 0.238 e. The number of nitrogens with two attached hydrogens (primary N) is 1. The highest BCUT2D eigenvalue weighted by atomic mass is 79.9. The van der Waals surface area contributed by atoms with Crippen molar-refractivity contribution in [1.29, 1.82) is 0 Å². The second-order valence-electron chi connectivity index (χ2n) is 6.78. The molecule has 13 heteroatoms. The number of halogens is 1. The first-order valence-corrected chi connectivity index (χ1v) is 13.4. The van der Waals surface area contributed by atoms with E-state index in [0.717, 1.165) is 26.0 Å². The van der Waals surface area contributed by atoms with Gasteiger partial charge in [0.1, 0.15) is 0 Å². The molecule has 2 amide bonds. The molecule has 1 aliphatic rings. The average Bonchev–Trinajstić information content (AvgIpc) is 3.17. The maximum atomic E-state index is 12.5. The van der Waals surface area contributed by atoms with E-state index < -0.39 is 15.3 Å². The number of amides is 2. The number of rotatable bonds is 7. The van der Waals surface area contributed by atoms with Crippen LogP contribution in [0.25, 0.3) is 0 Å². The highest BCUT2D eigenvalue weighted by Crippen LogP contribution is 2.24. The van der Waals surface area contributed by atoms with Crippen LogP contribution in [0.1, 0.15) is 23.8 Å². The predicted octanol–water partition coefficient (Wildman–Crippen LogP) is 2.22. The lowest BCUT2D eigenvalue weighted by Crippen LogP contribution is -2.44. The molecule has 1 aromatic carbocycles. The molecule has 1 aromatic heterocycles. The second kappa shape index (κ2) is 10.7. The van der Waals surface area contributed by atoms with Gasteiger partial charge in [0.15, 0.2) is 5.17 Å². The van der Waals surface area contributed by atoms with Crippen LogP contribution in [0.3, 0.4) is 0 Å². The van der Waals surface area contributed by atoms with Gasteiger partial charge in [0, 0.05) is 13.0 Å². The second-order valence-corrected chi connectivity index (χ2v) is 12.0. The molecule has 2 aromatic rings. The number of carbonyl (C=O) groups is 2. The molecule has 1 saturated heterocycles. The first-order chi connectivity index (χ1) is 15.1. The lowest BCUT2D eigenvalue weighted by Gasteiger charge is -2.21. The van der Waals surface area contributed by atoms with Crippen LogP contribution < -0.4 is 15.8 Å². The molecule has 1 fully saturated rings. The average molecular weight is 559 g/mol. The quantitative estimate of drug-likeness (QED) is 0.353. The molecule has 3 rings (SSSR count). The third-order valence-corrected chi connectivity index (χ3v) is 8.08. The molecule has 0 saturated carbocycles. The van der Waals surface area contributed by atoms with Crippen LogP contribution in [0, 0.1) is 0 Å². The Balaban J connectivity index is 1.55. The lowest BCUT2D eigenvalue weighted by molar-refractivity contribution is -0.125. The molecule has 2 heterocycles. The molecule has 4 N–H and O–H groups in total. The van der Waals surface area contributed by atoms with Crippen LogP contribution >= 0.6 is 39.0 Å². The summed E-state index contributed by atoms with van der Waals surface area (Å²) in [6, 6.07) is 9.97. The molecule has 9 nitrogen and oxygen atoms in total. The van der Waals surface area contributed by atoms with E-state index in [0.29, 0.717) is 18.7 Å². The summed E-state index contributed by atoms with van der Waals surface area (Å²) >= 11 is 6.07. The van der Waals surface area contributed by atoms with Crippen molar-refractivity contribution in [2.24, 2.45) is 15.3 Å². The Kier molecular flexibility index (Phi) is 8.22. The van der Waals surface area contributed by atoms with Crippen molar-refractivity contribution in [3.05, 3.63) is 50.6 Å². The van der Waals surface area contributed by atoms with E-state index in [2.05, 4.69) is 36.8 Å². The number of hydrogen-bond donors (Lipinski definition) is 3. The van der Waals surface area contributed by atoms with E-state index in [1.54, 1.807) is 12.1 Å². The van der Waals surface area contributed by atoms with Crippen molar-refractivity contribution in [3.8, 4) is 0 Å². The minimum atomic E-state index is -3.74. The maximum absolute atomic E-state index is 12.5. The minimum Gasteiger partial charge on any atom is -0.355 e. The molecule has 1 aliphatic heterocycles. The van der Waals surface area contributed by atoms with Gasteiger partial charge in [-0.05, 0) is 59.1 Å². The Labute approximate surface area is 202 Å². The topological polar surface area (TPSA) is 143 Å². The normalized spacial score (nSPS) is 18.5. The summed E-state index contributed by atoms with van der Waals surface area (Å²) in [5.74, 6) is -0.574. The van der Waals surface area contributed by atoms with E-state index in [1.807, 2.05) is 19.1 Å². The zero-order valence-corrected chi connectivity index (χ0v) is 20.9. The van der Waals surface area contributed by atoms with Gasteiger partial charge in [-0.25, -0.2) is 13.6 Å². The predicted molar refractivity (Wildman–Crippen MR) is 130 cm³/mol. The van der Waals surface area contributed by atoms with Crippen molar-refractivity contribution in [2.75, 3.05) is 6.54 Å². The van der Waals surface area contributed by atoms with E-state index in [4.69, 9.17) is 5.14 Å². The van der Waals surface area contributed by atoms with Crippen molar-refractivity contribution >= 4 is 71.7 Å². The van der Waals surface area contributed by atoms with Gasteiger partial charge < -0.3 is 10.6 Å². The monoisotopic (exact) mass is 557 g/mol. The third-order valence-electron chi connectivity index (χ3n) is 4.35. The Morgan fingerprint density at radius 3 is 2.62 bits per heavy atom. The molecule has 0 aliphatic carbocycles. The smallest absolute Gasteiger partial charge is 0.238 e. The van der Waals surface area contributed by atoms with Gasteiger partial charge in [-0.3, -0.25) is 9.59 Å². The van der Waals surface area contributed by atoms with E-state index >= 15 is 0 Å². The number of hydrogen-bond acceptors (Lipinski definition) is 8. The summed E-state index contributed by atoms with van der Waals surface area (Å²) in [4.78, 5) is 25.5. The van der Waals surface area contributed by atoms with E-state index in [9.17, 15) is 18.0 Å². The van der Waals surface area contributed by atoms with Gasteiger partial charge in [-0.2, -0.15) is 5.10 Å². The lowest BCUT2D eigenvalue weighted by atomic mass is 10.1. The van der Waals surface area contributed by atoms with Gasteiger partial charge >= 0.3 is 0 Å². The SMILES string of the molecule is C/C(=N\N=C1\NC(=O)C[C@@H](C(=O)NCCc2ccc(S(N)(=O)=O)cc2)S1)c1ccc(Br)s1. The van der Waals surface area contributed by atoms with Crippen LogP contribution in [0.5, 0.6) is 0 Å². The third kappa shape index (κ3) is 6.97. The molecule has 0 bridgehead atoms. The number of benzene rings is 1. The van der Waals surface area contributed by atoms with E-state index in [1.165, 1.54) is 23.5 Å². The number of thioether (sulfide) groups is 1. The fraction of sp³-hybridized carbons (Fsp3) is 0.263. The number of amidine groups is 1. The highest BCUT2D eigenvalue weighted by Gasteiger charge is 2.30. The molecule has 0 radical (unpaired) electrons. The van der Waals surface area contributed by atoms with Gasteiger partial charge in [-0.15, -0.1) is 16.4 Å². The first kappa shape index (κ1) is 24.6. The summed E-state index contributed by atoms with van der Waals surface area (Å²) in [7, 11) is -3.74. The molecule has 0 unspecified atom stereocenters. The number of nitrogens with one attached hydrogen (secondary N) is 2. The number of carbonyl (C=O) groups excluding carboxylic acids is 2. The fourth-order valence-corrected chi connectivity index (χ4v) is 5.50. The van der Waals surface area contributed by atoms with Crippen molar-refractivity contribution in [3.63, 3.8) is 0 Å². The number of thiophene rings is 1. The molecule has 1 atom stereocenters. The first-order valence-electron chi connectivity index (χ1n) is 9.36. The minimum absolute atomic E-state index is 0.0336. The summed E-state index contributed by atoms with van der Waals surface area (Å²) < 4.78 is 23.6. The summed E-state index contributed by atoms with van der Waals surface area (Å²) in [5.41, 5.74) is 1.54. The number of sulfonamides is 1. The Morgan fingerprint density at radius 2 is 2.00 bits per heavy atom. The summed E-state index contributed by atoms with van der Waals surface area (Å²) in [5, 5.41) is 18.4. The van der Waals surface area contributed by atoms with Crippen molar-refractivity contribution in [2.45, 2.75) is 29.9 Å². The van der Waals surface area contributed by atoms with Gasteiger partial charge in [0.2, 0.25) is 21.8 Å². The van der Waals surface area contributed by atoms with Crippen LogP contribution in [-0.2, 0) is 26.0 Å². The standard InChI is InChI=1S/C19H20BrN5O4S3/c1-11(14-6-7-16(20)30-14)24-25-19-23-17(26)10-15(31-19)18(27)22-9-8-12-2-4-13(5-3-12)32(21,28)29/h2-7,15H,8-10H2,1H3,(H,22,27)(H2,21,28,29)(H,23,25,26)/b24-11+/t15-/m0/s1. The number of primary sulfonamides is 1. The fourth-order valence-electron chi connectivity index (χ4n) is 2.71. The molecular weight excluding hydrogens is 538 g/mol. The van der Waals surface area contributed by atoms with Crippen LogP contribution in [0.4, 0.5) is 0 Å². The van der Waals surface area contributed by atoms with Crippen molar-refractivity contribution < 1.29 is 18.0 Å². The highest BCUT2D eigenvalue weighted by molar-refractivity contribution is 9.11. The van der Waals surface area contributed by atoms with Crippen molar-refractivity contribution in [1.82, 2.24) is 10.6 Å². The zero-order chi connectivity index (χ0) is 23.3. The number of nitrogens with zero attached hydrogens (tertiary/aromatic N) is 2. The molecule has 170 valence electrons. The van der Waals surface area contributed by atoms with E-state index in [-0.39, 0.29) is 28.3 Å². The molecule has 32 heavy (non-hydrogen) atoms. The Morgan fingerprint density at radius 1 is 1.28 bits per heavy atom. The van der Waals surface area contributed by atoms with Gasteiger partial charge in [0.25, 0.3) is 0 Å². The van der Waals surface area contributed by atoms with Gasteiger partial charge in [0.05, 0.1) is 24.5 Å². The Bertz CT molecular complexity index is 1180. The van der Waals surface area contributed by atoms with Crippen LogP contribution in [-0.4, -0.2) is 42.9 Å².